The summed E-state index contributed by atoms with van der Waals surface area (Å²) in [5.41, 5.74) is 1.15. The third-order valence-corrected chi connectivity index (χ3v) is 2.02. The molecule has 1 rings (SSSR count). The van der Waals surface area contributed by atoms with Crippen LogP contribution in [-0.2, 0) is 6.42 Å². The van der Waals surface area contributed by atoms with Crippen molar-refractivity contribution in [2.45, 2.75) is 19.8 Å². The first-order chi connectivity index (χ1) is 6.79. The Morgan fingerprint density at radius 2 is 2.14 bits per heavy atom. The Kier molecular flexibility index (Phi) is 3.92. The van der Waals surface area contributed by atoms with Gasteiger partial charge in [-0.1, -0.05) is 31.2 Å². The summed E-state index contributed by atoms with van der Waals surface area (Å²) >= 11 is 0. The van der Waals surface area contributed by atoms with Gasteiger partial charge in [-0.05, 0) is 24.5 Å². The van der Waals surface area contributed by atoms with Crippen LogP contribution in [0.1, 0.15) is 29.3 Å². The number of carbonyl (C=O) groups is 1. The molecule has 1 aromatic carbocycles. The average Bonchev–Trinajstić information content (AvgIpc) is 2.21. The number of aromatic hydroxyl groups is 1. The van der Waals surface area contributed by atoms with Crippen LogP contribution < -0.4 is 0 Å². The van der Waals surface area contributed by atoms with Crippen LogP contribution in [0.3, 0.4) is 0 Å². The van der Waals surface area contributed by atoms with Gasteiger partial charge in [0.2, 0.25) is 0 Å². The highest BCUT2D eigenvalue weighted by Crippen LogP contribution is 2.21. The Balaban J connectivity index is 2.86. The van der Waals surface area contributed by atoms with E-state index in [2.05, 4.69) is 6.92 Å². The van der Waals surface area contributed by atoms with Crippen LogP contribution in [0.2, 0.25) is 0 Å². The summed E-state index contributed by atoms with van der Waals surface area (Å²) < 4.78 is 0. The van der Waals surface area contributed by atoms with E-state index < -0.39 is 0 Å². The first kappa shape index (κ1) is 10.5. The maximum atomic E-state index is 10.5. The molecule has 2 heteroatoms. The molecule has 0 aliphatic heterocycles. The fraction of sp³-hybridized carbons (Fsp3) is 0.250. The van der Waals surface area contributed by atoms with Crippen molar-refractivity contribution in [2.24, 2.45) is 0 Å². The van der Waals surface area contributed by atoms with Crippen molar-refractivity contribution in [3.63, 3.8) is 0 Å². The molecule has 0 unspecified atom stereocenters. The van der Waals surface area contributed by atoms with Crippen molar-refractivity contribution in [3.05, 3.63) is 41.5 Å². The molecule has 74 valence electrons. The van der Waals surface area contributed by atoms with Gasteiger partial charge < -0.3 is 5.11 Å². The molecule has 0 saturated carbocycles. The predicted molar refractivity (Wildman–Crippen MR) is 56.6 cm³/mol. The predicted octanol–water partition coefficient (Wildman–Crippen LogP) is 2.71. The summed E-state index contributed by atoms with van der Waals surface area (Å²) in [5.74, 6) is 0.100. The summed E-state index contributed by atoms with van der Waals surface area (Å²) in [6.45, 7) is 2.05. The van der Waals surface area contributed by atoms with E-state index in [4.69, 9.17) is 0 Å². The zero-order valence-electron chi connectivity index (χ0n) is 8.23. The molecule has 0 saturated heterocycles. The van der Waals surface area contributed by atoms with E-state index in [9.17, 15) is 9.90 Å². The Morgan fingerprint density at radius 3 is 2.79 bits per heavy atom. The Morgan fingerprint density at radius 1 is 1.36 bits per heavy atom. The van der Waals surface area contributed by atoms with E-state index in [0.29, 0.717) is 18.3 Å². The average molecular weight is 190 g/mol. The molecule has 0 aliphatic rings. The molecule has 0 heterocycles. The number of carbonyl (C=O) groups excluding carboxylic acids is 1. The highest BCUT2D eigenvalue weighted by molar-refractivity contribution is 5.79. The largest absolute Gasteiger partial charge is 0.507 e. The third-order valence-electron chi connectivity index (χ3n) is 2.02. The molecule has 0 aromatic heterocycles. The normalized spacial score (nSPS) is 10.6. The van der Waals surface area contributed by atoms with Crippen molar-refractivity contribution in [2.75, 3.05) is 0 Å². The molecule has 2 nitrogen and oxygen atoms in total. The first-order valence-electron chi connectivity index (χ1n) is 4.70. The van der Waals surface area contributed by atoms with Crippen molar-refractivity contribution < 1.29 is 9.90 Å². The van der Waals surface area contributed by atoms with Crippen molar-refractivity contribution in [1.29, 1.82) is 0 Å². The lowest BCUT2D eigenvalue weighted by atomic mass is 10.1. The Labute approximate surface area is 83.9 Å². The third kappa shape index (κ3) is 2.46. The van der Waals surface area contributed by atoms with Gasteiger partial charge in [0, 0.05) is 0 Å². The van der Waals surface area contributed by atoms with Gasteiger partial charge in [0.1, 0.15) is 5.75 Å². The van der Waals surface area contributed by atoms with Crippen LogP contribution in [0.5, 0.6) is 5.75 Å². The molecular weight excluding hydrogens is 176 g/mol. The van der Waals surface area contributed by atoms with E-state index in [0.717, 1.165) is 12.0 Å². The SMILES string of the molecule is CC/C=C/Cc1cccc(C=O)c1O. The minimum atomic E-state index is 0.100. The second-order valence-electron chi connectivity index (χ2n) is 3.06. The van der Waals surface area contributed by atoms with E-state index in [1.807, 2.05) is 18.2 Å². The number of para-hydroxylation sites is 1. The van der Waals surface area contributed by atoms with Crippen LogP contribution in [0, 0.1) is 0 Å². The zero-order chi connectivity index (χ0) is 10.4. The molecule has 0 fully saturated rings. The molecule has 14 heavy (non-hydrogen) atoms. The Hall–Kier alpha value is -1.57. The highest BCUT2D eigenvalue weighted by atomic mass is 16.3. The standard InChI is InChI=1S/C12H14O2/c1-2-3-4-6-10-7-5-8-11(9-13)12(10)14/h3-5,7-9,14H,2,6H2,1H3/b4-3+. The number of aldehydes is 1. The van der Waals surface area contributed by atoms with Crippen molar-refractivity contribution >= 4 is 6.29 Å². The molecule has 0 amide bonds. The molecule has 0 aliphatic carbocycles. The quantitative estimate of drug-likeness (QED) is 0.585. The van der Waals surface area contributed by atoms with E-state index in [1.54, 1.807) is 12.1 Å². The van der Waals surface area contributed by atoms with Crippen LogP contribution in [-0.4, -0.2) is 11.4 Å². The highest BCUT2D eigenvalue weighted by Gasteiger charge is 2.03. The minimum Gasteiger partial charge on any atom is -0.507 e. The van der Waals surface area contributed by atoms with E-state index in [1.165, 1.54) is 0 Å². The lowest BCUT2D eigenvalue weighted by Gasteiger charge is -2.02. The lowest BCUT2D eigenvalue weighted by molar-refractivity contribution is 0.112. The smallest absolute Gasteiger partial charge is 0.153 e. The first-order valence-corrected chi connectivity index (χ1v) is 4.70. The van der Waals surface area contributed by atoms with Gasteiger partial charge in [-0.2, -0.15) is 0 Å². The van der Waals surface area contributed by atoms with Gasteiger partial charge in [0.15, 0.2) is 6.29 Å². The van der Waals surface area contributed by atoms with E-state index >= 15 is 0 Å². The van der Waals surface area contributed by atoms with Gasteiger partial charge in [-0.25, -0.2) is 0 Å². The molecule has 0 bridgehead atoms. The molecular formula is C12H14O2. The number of phenolic OH excluding ortho intramolecular Hbond substituents is 1. The van der Waals surface area contributed by atoms with Crippen molar-refractivity contribution in [3.8, 4) is 5.75 Å². The van der Waals surface area contributed by atoms with Crippen LogP contribution in [0.25, 0.3) is 0 Å². The second-order valence-corrected chi connectivity index (χ2v) is 3.06. The maximum Gasteiger partial charge on any atom is 0.153 e. The van der Waals surface area contributed by atoms with Gasteiger partial charge in [-0.3, -0.25) is 4.79 Å². The van der Waals surface area contributed by atoms with Gasteiger partial charge in [0.05, 0.1) is 5.56 Å². The van der Waals surface area contributed by atoms with Gasteiger partial charge in [-0.15, -0.1) is 0 Å². The summed E-state index contributed by atoms with van der Waals surface area (Å²) in [6, 6.07) is 5.20. The monoisotopic (exact) mass is 190 g/mol. The maximum absolute atomic E-state index is 10.5. The molecule has 1 N–H and O–H groups in total. The van der Waals surface area contributed by atoms with Gasteiger partial charge in [0.25, 0.3) is 0 Å². The Bertz CT molecular complexity index is 340. The van der Waals surface area contributed by atoms with E-state index in [-0.39, 0.29) is 5.75 Å². The summed E-state index contributed by atoms with van der Waals surface area (Å²) in [5, 5.41) is 9.62. The van der Waals surface area contributed by atoms with Crippen LogP contribution in [0.15, 0.2) is 30.4 Å². The second kappa shape index (κ2) is 5.22. The minimum absolute atomic E-state index is 0.100. The summed E-state index contributed by atoms with van der Waals surface area (Å²) in [6.07, 6.45) is 6.34. The van der Waals surface area contributed by atoms with Crippen LogP contribution >= 0.6 is 0 Å². The number of allylic oxidation sites excluding steroid dienone is 2. The topological polar surface area (TPSA) is 37.3 Å². The number of phenols is 1. The number of hydrogen-bond acceptors (Lipinski definition) is 2. The zero-order valence-corrected chi connectivity index (χ0v) is 8.23. The van der Waals surface area contributed by atoms with Crippen LogP contribution in [0.4, 0.5) is 0 Å². The molecule has 0 atom stereocenters. The lowest BCUT2D eigenvalue weighted by Crippen LogP contribution is -1.87. The fourth-order valence-corrected chi connectivity index (χ4v) is 1.25. The van der Waals surface area contributed by atoms with Crippen molar-refractivity contribution in [1.82, 2.24) is 0 Å². The number of benzene rings is 1. The number of rotatable bonds is 4. The molecule has 0 radical (unpaired) electrons. The number of hydrogen-bond donors (Lipinski definition) is 1. The van der Waals surface area contributed by atoms with Gasteiger partial charge >= 0.3 is 0 Å². The summed E-state index contributed by atoms with van der Waals surface area (Å²) in [7, 11) is 0. The fourth-order valence-electron chi connectivity index (χ4n) is 1.25. The molecule has 0 spiro atoms. The summed E-state index contributed by atoms with van der Waals surface area (Å²) in [4.78, 5) is 10.5. The molecule has 1 aromatic rings.